The molecular weight excluding hydrogens is 384 g/mol. The molecule has 0 radical (unpaired) electrons. The van der Waals surface area contributed by atoms with Crippen LogP contribution in [0.4, 0.5) is 0 Å². The van der Waals surface area contributed by atoms with E-state index >= 15 is 0 Å². The molecule has 0 atom stereocenters. The average Bonchev–Trinajstić information content (AvgIpc) is 3.22. The van der Waals surface area contributed by atoms with Crippen molar-refractivity contribution in [2.45, 2.75) is 37.1 Å². The molecule has 0 bridgehead atoms. The topological polar surface area (TPSA) is 66.5 Å². The molecule has 3 rings (SSSR count). The summed E-state index contributed by atoms with van der Waals surface area (Å²) in [5.41, 5.74) is 1.93. The summed E-state index contributed by atoms with van der Waals surface area (Å²) in [4.78, 5) is 12.3. The minimum Gasteiger partial charge on any atom is -0.352 e. The van der Waals surface area contributed by atoms with Gasteiger partial charge in [-0.3, -0.25) is 4.79 Å². The maximum absolute atomic E-state index is 12.5. The number of benzene rings is 2. The number of sulfonamides is 1. The minimum atomic E-state index is -3.38. The molecule has 2 aromatic carbocycles. The standard InChI is InChI=1S/C20H23ClN2O3S/c21-18-8-3-17(4-9-18)15-22-20(24)12-7-16-5-10-19(11-6-16)27(25,26)23-13-1-2-14-23/h3-6,8-11H,1-2,7,12-15H2,(H,22,24). The molecule has 0 spiro atoms. The molecule has 2 aromatic rings. The number of halogens is 1. The zero-order valence-corrected chi connectivity index (χ0v) is 16.6. The molecule has 1 aliphatic rings. The van der Waals surface area contributed by atoms with Crippen LogP contribution in [-0.4, -0.2) is 31.7 Å². The van der Waals surface area contributed by atoms with Gasteiger partial charge in [-0.15, -0.1) is 0 Å². The lowest BCUT2D eigenvalue weighted by molar-refractivity contribution is -0.121. The van der Waals surface area contributed by atoms with Crippen molar-refractivity contribution in [1.82, 2.24) is 9.62 Å². The lowest BCUT2D eigenvalue weighted by atomic mass is 10.1. The van der Waals surface area contributed by atoms with E-state index in [1.54, 1.807) is 36.4 Å². The Labute approximate surface area is 165 Å². The van der Waals surface area contributed by atoms with Crippen LogP contribution < -0.4 is 5.32 Å². The summed E-state index contributed by atoms with van der Waals surface area (Å²) in [6.45, 7) is 1.65. The van der Waals surface area contributed by atoms with Crippen molar-refractivity contribution < 1.29 is 13.2 Å². The van der Waals surface area contributed by atoms with Crippen molar-refractivity contribution in [2.75, 3.05) is 13.1 Å². The van der Waals surface area contributed by atoms with Crippen molar-refractivity contribution >= 4 is 27.5 Å². The normalized spacial score (nSPS) is 15.0. The fraction of sp³-hybridized carbons (Fsp3) is 0.350. The molecule has 0 aromatic heterocycles. The number of nitrogens with one attached hydrogen (secondary N) is 1. The maximum atomic E-state index is 12.5. The molecule has 0 saturated carbocycles. The maximum Gasteiger partial charge on any atom is 0.243 e. The largest absolute Gasteiger partial charge is 0.352 e. The van der Waals surface area contributed by atoms with Crippen LogP contribution in [0.5, 0.6) is 0 Å². The molecule has 7 heteroatoms. The molecule has 1 N–H and O–H groups in total. The van der Waals surface area contributed by atoms with E-state index in [2.05, 4.69) is 5.32 Å². The number of hydrogen-bond acceptors (Lipinski definition) is 3. The first-order valence-corrected chi connectivity index (χ1v) is 10.9. The number of hydrogen-bond donors (Lipinski definition) is 1. The third-order valence-corrected chi connectivity index (χ3v) is 6.83. The summed E-state index contributed by atoms with van der Waals surface area (Å²) in [6, 6.07) is 14.2. The van der Waals surface area contributed by atoms with E-state index in [9.17, 15) is 13.2 Å². The lowest BCUT2D eigenvalue weighted by Crippen LogP contribution is -2.27. The SMILES string of the molecule is O=C(CCc1ccc(S(=O)(=O)N2CCCC2)cc1)NCc1ccc(Cl)cc1. The van der Waals surface area contributed by atoms with Gasteiger partial charge in [-0.05, 0) is 54.7 Å². The van der Waals surface area contributed by atoms with Gasteiger partial charge in [-0.25, -0.2) is 8.42 Å². The number of amides is 1. The van der Waals surface area contributed by atoms with E-state index in [0.29, 0.717) is 42.4 Å². The van der Waals surface area contributed by atoms with Gasteiger partial charge in [0.1, 0.15) is 0 Å². The molecule has 1 heterocycles. The van der Waals surface area contributed by atoms with Gasteiger partial charge >= 0.3 is 0 Å². The molecule has 1 fully saturated rings. The number of aryl methyl sites for hydroxylation is 1. The van der Waals surface area contributed by atoms with Gasteiger partial charge in [0.25, 0.3) is 0 Å². The summed E-state index contributed by atoms with van der Waals surface area (Å²) in [6.07, 6.45) is 2.76. The summed E-state index contributed by atoms with van der Waals surface area (Å²) in [5, 5.41) is 3.54. The highest BCUT2D eigenvalue weighted by molar-refractivity contribution is 7.89. The average molecular weight is 407 g/mol. The first-order valence-electron chi connectivity index (χ1n) is 9.05. The molecule has 1 saturated heterocycles. The number of carbonyl (C=O) groups excluding carboxylic acids is 1. The van der Waals surface area contributed by atoms with Crippen LogP contribution >= 0.6 is 11.6 Å². The third-order valence-electron chi connectivity index (χ3n) is 4.67. The Bertz CT molecular complexity index is 874. The Hall–Kier alpha value is -1.89. The van der Waals surface area contributed by atoms with Gasteiger partial charge in [0, 0.05) is 31.1 Å². The third kappa shape index (κ3) is 5.31. The van der Waals surface area contributed by atoms with Gasteiger partial charge in [-0.1, -0.05) is 35.9 Å². The molecule has 1 amide bonds. The van der Waals surface area contributed by atoms with Crippen LogP contribution in [0.15, 0.2) is 53.4 Å². The van der Waals surface area contributed by atoms with Crippen LogP contribution in [0.1, 0.15) is 30.4 Å². The van der Waals surface area contributed by atoms with Crippen molar-refractivity contribution in [1.29, 1.82) is 0 Å². The number of carbonyl (C=O) groups is 1. The Kier molecular flexibility index (Phi) is 6.52. The van der Waals surface area contributed by atoms with Crippen LogP contribution in [-0.2, 0) is 27.8 Å². The molecular formula is C20H23ClN2O3S. The number of nitrogens with zero attached hydrogens (tertiary/aromatic N) is 1. The Morgan fingerprint density at radius 2 is 1.56 bits per heavy atom. The van der Waals surface area contributed by atoms with E-state index in [4.69, 9.17) is 11.6 Å². The monoisotopic (exact) mass is 406 g/mol. The van der Waals surface area contributed by atoms with Gasteiger partial charge in [0.05, 0.1) is 4.90 Å². The molecule has 144 valence electrons. The molecule has 0 unspecified atom stereocenters. The Balaban J connectivity index is 1.49. The van der Waals surface area contributed by atoms with Crippen molar-refractivity contribution in [3.8, 4) is 0 Å². The second-order valence-corrected chi connectivity index (χ2v) is 9.03. The minimum absolute atomic E-state index is 0.0429. The van der Waals surface area contributed by atoms with Crippen molar-refractivity contribution in [3.63, 3.8) is 0 Å². The van der Waals surface area contributed by atoms with Crippen LogP contribution in [0.2, 0.25) is 5.02 Å². The fourth-order valence-corrected chi connectivity index (χ4v) is 4.70. The summed E-state index contributed by atoms with van der Waals surface area (Å²) >= 11 is 5.84. The second-order valence-electron chi connectivity index (χ2n) is 6.66. The first-order chi connectivity index (χ1) is 12.9. The van der Waals surface area contributed by atoms with E-state index in [1.807, 2.05) is 12.1 Å². The quantitative estimate of drug-likeness (QED) is 0.766. The zero-order chi connectivity index (χ0) is 19.3. The van der Waals surface area contributed by atoms with Gasteiger partial charge < -0.3 is 5.32 Å². The van der Waals surface area contributed by atoms with Gasteiger partial charge in [0.15, 0.2) is 0 Å². The zero-order valence-electron chi connectivity index (χ0n) is 15.0. The second kappa shape index (κ2) is 8.87. The predicted molar refractivity (Wildman–Crippen MR) is 106 cm³/mol. The fourth-order valence-electron chi connectivity index (χ4n) is 3.05. The molecule has 27 heavy (non-hydrogen) atoms. The summed E-state index contributed by atoms with van der Waals surface area (Å²) in [5.74, 6) is -0.0429. The highest BCUT2D eigenvalue weighted by Gasteiger charge is 2.26. The van der Waals surface area contributed by atoms with E-state index in [-0.39, 0.29) is 5.91 Å². The highest BCUT2D eigenvalue weighted by Crippen LogP contribution is 2.21. The van der Waals surface area contributed by atoms with Crippen molar-refractivity contribution in [2.24, 2.45) is 0 Å². The molecule has 1 aliphatic heterocycles. The van der Waals surface area contributed by atoms with E-state index < -0.39 is 10.0 Å². The smallest absolute Gasteiger partial charge is 0.243 e. The molecule has 0 aliphatic carbocycles. The Morgan fingerprint density at radius 1 is 0.963 bits per heavy atom. The highest BCUT2D eigenvalue weighted by atomic mass is 35.5. The lowest BCUT2D eigenvalue weighted by Gasteiger charge is -2.15. The summed E-state index contributed by atoms with van der Waals surface area (Å²) < 4.78 is 26.5. The van der Waals surface area contributed by atoms with E-state index in [1.165, 1.54) is 4.31 Å². The van der Waals surface area contributed by atoms with E-state index in [0.717, 1.165) is 24.0 Å². The van der Waals surface area contributed by atoms with Crippen LogP contribution in [0.3, 0.4) is 0 Å². The summed E-state index contributed by atoms with van der Waals surface area (Å²) in [7, 11) is -3.38. The van der Waals surface area contributed by atoms with Gasteiger partial charge in [-0.2, -0.15) is 4.31 Å². The Morgan fingerprint density at radius 3 is 2.19 bits per heavy atom. The number of rotatable bonds is 7. The molecule has 5 nitrogen and oxygen atoms in total. The van der Waals surface area contributed by atoms with Crippen molar-refractivity contribution in [3.05, 3.63) is 64.7 Å². The van der Waals surface area contributed by atoms with Crippen LogP contribution in [0, 0.1) is 0 Å². The van der Waals surface area contributed by atoms with Crippen LogP contribution in [0.25, 0.3) is 0 Å². The van der Waals surface area contributed by atoms with Gasteiger partial charge in [0.2, 0.25) is 15.9 Å². The first kappa shape index (κ1) is 19.9. The predicted octanol–water partition coefficient (Wildman–Crippen LogP) is 3.37.